The molecule has 23 heavy (non-hydrogen) atoms. The van der Waals surface area contributed by atoms with Gasteiger partial charge in [-0.2, -0.15) is 0 Å². The second-order valence-corrected chi connectivity index (χ2v) is 6.88. The van der Waals surface area contributed by atoms with Gasteiger partial charge in [0.25, 0.3) is 0 Å². The molecule has 2 rings (SSSR count). The van der Waals surface area contributed by atoms with Crippen LogP contribution in [0.4, 0.5) is 0 Å². The molecule has 0 radical (unpaired) electrons. The number of carbonyl (C=O) groups is 1. The van der Waals surface area contributed by atoms with Crippen LogP contribution >= 0.6 is 11.3 Å². The van der Waals surface area contributed by atoms with Crippen molar-refractivity contribution in [2.45, 2.75) is 20.4 Å². The molecule has 128 valence electrons. The van der Waals surface area contributed by atoms with E-state index in [1.165, 1.54) is 4.88 Å². The van der Waals surface area contributed by atoms with E-state index < -0.39 is 0 Å². The number of thiazole rings is 1. The number of hydrogen-bond donors (Lipinski definition) is 2. The normalized spacial score (nSPS) is 16.5. The highest BCUT2D eigenvalue weighted by Gasteiger charge is 2.17. The van der Waals surface area contributed by atoms with Crippen LogP contribution in [-0.2, 0) is 11.3 Å². The molecule has 2 N–H and O–H groups in total. The van der Waals surface area contributed by atoms with Gasteiger partial charge in [-0.15, -0.1) is 11.3 Å². The van der Waals surface area contributed by atoms with Crippen LogP contribution in [0.25, 0.3) is 0 Å². The first-order chi connectivity index (χ1) is 11.1. The van der Waals surface area contributed by atoms with Gasteiger partial charge >= 0.3 is 0 Å². The third-order valence-electron chi connectivity index (χ3n) is 3.84. The summed E-state index contributed by atoms with van der Waals surface area (Å²) in [5.41, 5.74) is 0. The lowest BCUT2D eigenvalue weighted by molar-refractivity contribution is -0.130. The highest BCUT2D eigenvalue weighted by Crippen LogP contribution is 2.10. The summed E-state index contributed by atoms with van der Waals surface area (Å²) in [6.45, 7) is 9.68. The quantitative estimate of drug-likeness (QED) is 0.596. The van der Waals surface area contributed by atoms with E-state index in [0.717, 1.165) is 50.2 Å². The summed E-state index contributed by atoms with van der Waals surface area (Å²) in [5, 5.41) is 7.66. The zero-order chi connectivity index (χ0) is 16.7. The average molecular weight is 338 g/mol. The van der Waals surface area contributed by atoms with Crippen LogP contribution in [0.2, 0.25) is 0 Å². The van der Waals surface area contributed by atoms with E-state index >= 15 is 0 Å². The van der Waals surface area contributed by atoms with Gasteiger partial charge in [0.15, 0.2) is 5.96 Å². The smallest absolute Gasteiger partial charge is 0.219 e. The minimum Gasteiger partial charge on any atom is -0.355 e. The minimum absolute atomic E-state index is 0.171. The Bertz CT molecular complexity index is 536. The number of nitrogens with one attached hydrogen (secondary N) is 2. The van der Waals surface area contributed by atoms with Crippen molar-refractivity contribution in [1.82, 2.24) is 25.4 Å². The molecular weight excluding hydrogens is 312 g/mol. The fourth-order valence-electron chi connectivity index (χ4n) is 2.48. The van der Waals surface area contributed by atoms with Gasteiger partial charge in [0.05, 0.1) is 6.54 Å². The van der Waals surface area contributed by atoms with Crippen LogP contribution in [0.1, 0.15) is 16.8 Å². The Labute approximate surface area is 141 Å². The van der Waals surface area contributed by atoms with E-state index in [0.29, 0.717) is 6.54 Å². The van der Waals surface area contributed by atoms with E-state index in [2.05, 4.69) is 32.4 Å². The monoisotopic (exact) mass is 338 g/mol. The molecule has 2 heterocycles. The number of rotatable bonds is 5. The molecule has 7 nitrogen and oxygen atoms in total. The van der Waals surface area contributed by atoms with Crippen LogP contribution in [0.15, 0.2) is 11.2 Å². The standard InChI is InChI=1S/C15H26N6OS/c1-12-10-18-14(23-12)11-19-15(16-3)17-4-5-20-6-8-21(9-7-20)13(2)22/h10H,4-9,11H2,1-3H3,(H2,16,17,19). The van der Waals surface area contributed by atoms with Crippen molar-refractivity contribution in [1.29, 1.82) is 0 Å². The van der Waals surface area contributed by atoms with Crippen molar-refractivity contribution in [3.8, 4) is 0 Å². The summed E-state index contributed by atoms with van der Waals surface area (Å²) in [6, 6.07) is 0. The van der Waals surface area contributed by atoms with Gasteiger partial charge in [-0.1, -0.05) is 0 Å². The number of aromatic nitrogens is 1. The Hall–Kier alpha value is -1.67. The number of aliphatic imine (C=N–C) groups is 1. The maximum atomic E-state index is 11.3. The fraction of sp³-hybridized carbons (Fsp3) is 0.667. The highest BCUT2D eigenvalue weighted by molar-refractivity contribution is 7.11. The molecule has 1 fully saturated rings. The van der Waals surface area contributed by atoms with Crippen molar-refractivity contribution < 1.29 is 4.79 Å². The first kappa shape index (κ1) is 17.7. The summed E-state index contributed by atoms with van der Waals surface area (Å²) >= 11 is 1.69. The Morgan fingerprint density at radius 3 is 2.65 bits per heavy atom. The number of carbonyl (C=O) groups excluding carboxylic acids is 1. The predicted octanol–water partition coefficient (Wildman–Crippen LogP) is 0.281. The number of nitrogens with zero attached hydrogens (tertiary/aromatic N) is 4. The van der Waals surface area contributed by atoms with Gasteiger partial charge in [0.1, 0.15) is 5.01 Å². The van der Waals surface area contributed by atoms with Gasteiger partial charge in [-0.3, -0.25) is 14.7 Å². The maximum Gasteiger partial charge on any atom is 0.219 e. The SMILES string of the molecule is CN=C(NCCN1CCN(C(C)=O)CC1)NCc1ncc(C)s1. The lowest BCUT2D eigenvalue weighted by Gasteiger charge is -2.34. The summed E-state index contributed by atoms with van der Waals surface area (Å²) in [4.78, 5) is 25.3. The second kappa shape index (κ2) is 8.83. The van der Waals surface area contributed by atoms with Crippen LogP contribution in [0.3, 0.4) is 0 Å². The van der Waals surface area contributed by atoms with E-state index in [1.54, 1.807) is 25.3 Å². The molecule has 0 aromatic carbocycles. The zero-order valence-corrected chi connectivity index (χ0v) is 14.9. The van der Waals surface area contributed by atoms with Crippen molar-refractivity contribution >= 4 is 23.2 Å². The van der Waals surface area contributed by atoms with Crippen LogP contribution < -0.4 is 10.6 Å². The molecule has 1 saturated heterocycles. The summed E-state index contributed by atoms with van der Waals surface area (Å²) in [7, 11) is 1.77. The van der Waals surface area contributed by atoms with Crippen LogP contribution in [0, 0.1) is 6.92 Å². The minimum atomic E-state index is 0.171. The Balaban J connectivity index is 1.63. The van der Waals surface area contributed by atoms with Crippen molar-refractivity contribution in [2.24, 2.45) is 4.99 Å². The second-order valence-electron chi connectivity index (χ2n) is 5.56. The maximum absolute atomic E-state index is 11.3. The molecule has 0 spiro atoms. The number of piperazine rings is 1. The average Bonchev–Trinajstić information content (AvgIpc) is 2.96. The molecule has 8 heteroatoms. The summed E-state index contributed by atoms with van der Waals surface area (Å²) < 4.78 is 0. The lowest BCUT2D eigenvalue weighted by Crippen LogP contribution is -2.50. The van der Waals surface area contributed by atoms with Gasteiger partial charge in [-0.25, -0.2) is 4.98 Å². The lowest BCUT2D eigenvalue weighted by atomic mass is 10.3. The third kappa shape index (κ3) is 5.80. The van der Waals surface area contributed by atoms with Gasteiger partial charge in [-0.05, 0) is 6.92 Å². The van der Waals surface area contributed by atoms with Crippen molar-refractivity contribution in [3.05, 3.63) is 16.1 Å². The Morgan fingerprint density at radius 2 is 2.09 bits per heavy atom. The van der Waals surface area contributed by atoms with E-state index in [4.69, 9.17) is 0 Å². The molecule has 0 bridgehead atoms. The van der Waals surface area contributed by atoms with Gasteiger partial charge in [0, 0.05) is 64.3 Å². The van der Waals surface area contributed by atoms with Crippen LogP contribution in [-0.4, -0.2) is 73.0 Å². The fourth-order valence-corrected chi connectivity index (χ4v) is 3.21. The molecular formula is C15H26N6OS. The first-order valence-electron chi connectivity index (χ1n) is 7.92. The van der Waals surface area contributed by atoms with Crippen LogP contribution in [0.5, 0.6) is 0 Å². The first-order valence-corrected chi connectivity index (χ1v) is 8.74. The predicted molar refractivity (Wildman–Crippen MR) is 93.7 cm³/mol. The zero-order valence-electron chi connectivity index (χ0n) is 14.1. The number of amides is 1. The van der Waals surface area contributed by atoms with Crippen molar-refractivity contribution in [2.75, 3.05) is 46.3 Å². The molecule has 0 aliphatic carbocycles. The third-order valence-corrected chi connectivity index (χ3v) is 4.75. The van der Waals surface area contributed by atoms with E-state index in [1.807, 2.05) is 11.1 Å². The van der Waals surface area contributed by atoms with Crippen molar-refractivity contribution in [3.63, 3.8) is 0 Å². The number of aryl methyl sites for hydroxylation is 1. The molecule has 1 aromatic heterocycles. The molecule has 1 aromatic rings. The number of hydrogen-bond acceptors (Lipinski definition) is 5. The Kier molecular flexibility index (Phi) is 6.79. The molecule has 0 unspecified atom stereocenters. The molecule has 0 saturated carbocycles. The number of guanidine groups is 1. The largest absolute Gasteiger partial charge is 0.355 e. The molecule has 1 aliphatic heterocycles. The van der Waals surface area contributed by atoms with Gasteiger partial charge in [0.2, 0.25) is 5.91 Å². The summed E-state index contributed by atoms with van der Waals surface area (Å²) in [6.07, 6.45) is 1.89. The van der Waals surface area contributed by atoms with E-state index in [9.17, 15) is 4.79 Å². The summed E-state index contributed by atoms with van der Waals surface area (Å²) in [5.74, 6) is 0.963. The topological polar surface area (TPSA) is 72.9 Å². The molecule has 0 atom stereocenters. The molecule has 1 amide bonds. The Morgan fingerprint density at radius 1 is 1.35 bits per heavy atom. The van der Waals surface area contributed by atoms with E-state index in [-0.39, 0.29) is 5.91 Å². The molecule has 1 aliphatic rings. The van der Waals surface area contributed by atoms with Gasteiger partial charge < -0.3 is 15.5 Å². The highest BCUT2D eigenvalue weighted by atomic mass is 32.1.